The van der Waals surface area contributed by atoms with Gasteiger partial charge in [0.2, 0.25) is 0 Å². The van der Waals surface area contributed by atoms with Crippen molar-refractivity contribution in [1.29, 1.82) is 5.26 Å². The number of pyridine rings is 1. The van der Waals surface area contributed by atoms with Crippen molar-refractivity contribution < 1.29 is 4.42 Å². The van der Waals surface area contributed by atoms with Gasteiger partial charge in [-0.3, -0.25) is 4.98 Å². The summed E-state index contributed by atoms with van der Waals surface area (Å²) >= 11 is 0. The second-order valence-corrected chi connectivity index (χ2v) is 9.85. The van der Waals surface area contributed by atoms with Crippen LogP contribution in [0.25, 0.3) is 76.5 Å². The van der Waals surface area contributed by atoms with Crippen LogP contribution in [-0.2, 0) is 0 Å². The fourth-order valence-electron chi connectivity index (χ4n) is 6.06. The van der Waals surface area contributed by atoms with Gasteiger partial charge < -0.3 is 4.42 Å². The molecule has 0 bridgehead atoms. The molecule has 0 saturated carbocycles. The van der Waals surface area contributed by atoms with Crippen molar-refractivity contribution in [3.8, 4) is 28.3 Å². The average molecular weight is 497 g/mol. The molecule has 0 aliphatic heterocycles. The standard InChI is InChI=1S/C36H20N2O/c37-20-22-8-5-14-28-29-15-6-16-30(36(29)39-35(22)28)32-19-34-25-11-2-1-10-24(25)31(23-9-7-17-38-21-23)18-33(34)27-13-4-3-12-26(27)32/h1-19,21H. The molecular formula is C36H20N2O. The van der Waals surface area contributed by atoms with Crippen LogP contribution in [0.3, 0.4) is 0 Å². The molecule has 0 unspecified atom stereocenters. The minimum absolute atomic E-state index is 0.548. The molecule has 0 radical (unpaired) electrons. The van der Waals surface area contributed by atoms with Gasteiger partial charge in [-0.2, -0.15) is 5.26 Å². The third-order valence-electron chi connectivity index (χ3n) is 7.79. The second kappa shape index (κ2) is 8.28. The zero-order chi connectivity index (χ0) is 25.9. The Bertz CT molecular complexity index is 2290. The van der Waals surface area contributed by atoms with E-state index in [1.807, 2.05) is 36.7 Å². The van der Waals surface area contributed by atoms with Crippen molar-refractivity contribution in [2.24, 2.45) is 0 Å². The summed E-state index contributed by atoms with van der Waals surface area (Å²) in [7, 11) is 0. The van der Waals surface area contributed by atoms with E-state index in [2.05, 4.69) is 96.0 Å². The first kappa shape index (κ1) is 21.6. The maximum atomic E-state index is 9.70. The normalized spacial score (nSPS) is 11.6. The van der Waals surface area contributed by atoms with Crippen LogP contribution in [0.4, 0.5) is 0 Å². The Morgan fingerprint density at radius 2 is 1.13 bits per heavy atom. The fraction of sp³-hybridized carbons (Fsp3) is 0. The lowest BCUT2D eigenvalue weighted by atomic mass is 9.87. The van der Waals surface area contributed by atoms with Crippen LogP contribution < -0.4 is 0 Å². The van der Waals surface area contributed by atoms with E-state index >= 15 is 0 Å². The minimum Gasteiger partial charge on any atom is -0.454 e. The van der Waals surface area contributed by atoms with Crippen LogP contribution in [0, 0.1) is 11.3 Å². The summed E-state index contributed by atoms with van der Waals surface area (Å²) in [5, 5.41) is 18.8. The zero-order valence-electron chi connectivity index (χ0n) is 20.8. The number of benzene rings is 6. The van der Waals surface area contributed by atoms with Crippen LogP contribution in [0.1, 0.15) is 5.56 Å². The molecule has 0 aliphatic carbocycles. The molecule has 0 fully saturated rings. The fourth-order valence-corrected chi connectivity index (χ4v) is 6.06. The zero-order valence-corrected chi connectivity index (χ0v) is 20.8. The van der Waals surface area contributed by atoms with E-state index in [1.54, 1.807) is 0 Å². The summed E-state index contributed by atoms with van der Waals surface area (Å²) in [6.07, 6.45) is 3.74. The number of hydrogen-bond donors (Lipinski definition) is 0. The van der Waals surface area contributed by atoms with Crippen molar-refractivity contribution in [3.63, 3.8) is 0 Å². The molecule has 0 amide bonds. The Kier molecular flexibility index (Phi) is 4.59. The predicted molar refractivity (Wildman–Crippen MR) is 160 cm³/mol. The molecule has 8 aromatic rings. The molecule has 6 aromatic carbocycles. The Morgan fingerprint density at radius 3 is 1.82 bits per heavy atom. The molecule has 0 N–H and O–H groups in total. The van der Waals surface area contributed by atoms with Crippen LogP contribution in [0.2, 0.25) is 0 Å². The highest BCUT2D eigenvalue weighted by Crippen LogP contribution is 2.44. The number of nitrogens with zero attached hydrogens (tertiary/aromatic N) is 2. The van der Waals surface area contributed by atoms with E-state index in [0.29, 0.717) is 11.1 Å². The molecule has 2 heterocycles. The van der Waals surface area contributed by atoms with Gasteiger partial charge in [0.05, 0.1) is 5.56 Å². The molecule has 180 valence electrons. The van der Waals surface area contributed by atoms with Crippen LogP contribution in [0.5, 0.6) is 0 Å². The Morgan fingerprint density at radius 1 is 0.513 bits per heavy atom. The SMILES string of the molecule is N#Cc1cccc2c1oc1c(-c3cc4c5ccccc5c(-c5cccnc5)cc4c4ccccc34)cccc12. The van der Waals surface area contributed by atoms with Crippen molar-refractivity contribution in [3.05, 3.63) is 127 Å². The van der Waals surface area contributed by atoms with Gasteiger partial charge in [-0.1, -0.05) is 84.9 Å². The van der Waals surface area contributed by atoms with E-state index in [0.717, 1.165) is 38.4 Å². The van der Waals surface area contributed by atoms with Crippen molar-refractivity contribution in [2.75, 3.05) is 0 Å². The number of furan rings is 1. The molecule has 8 rings (SSSR count). The molecule has 0 atom stereocenters. The van der Waals surface area contributed by atoms with Gasteiger partial charge in [-0.05, 0) is 67.7 Å². The quantitative estimate of drug-likeness (QED) is 0.224. The summed E-state index contributed by atoms with van der Waals surface area (Å²) in [6.45, 7) is 0. The molecule has 2 aromatic heterocycles. The van der Waals surface area contributed by atoms with Gasteiger partial charge in [0.15, 0.2) is 5.58 Å². The second-order valence-electron chi connectivity index (χ2n) is 9.85. The monoisotopic (exact) mass is 496 g/mol. The number of nitriles is 1. The van der Waals surface area contributed by atoms with Crippen molar-refractivity contribution >= 4 is 54.3 Å². The van der Waals surface area contributed by atoms with Crippen molar-refractivity contribution in [1.82, 2.24) is 4.98 Å². The first-order valence-corrected chi connectivity index (χ1v) is 12.9. The summed E-state index contributed by atoms with van der Waals surface area (Å²) < 4.78 is 6.46. The Hall–Kier alpha value is -5.46. The highest BCUT2D eigenvalue weighted by molar-refractivity contribution is 6.25. The third kappa shape index (κ3) is 3.13. The molecular weight excluding hydrogens is 476 g/mol. The van der Waals surface area contributed by atoms with E-state index in [1.165, 1.54) is 32.5 Å². The molecule has 3 nitrogen and oxygen atoms in total. The highest BCUT2D eigenvalue weighted by atomic mass is 16.3. The number of para-hydroxylation sites is 2. The summed E-state index contributed by atoms with van der Waals surface area (Å²) in [4.78, 5) is 4.39. The number of fused-ring (bicyclic) bond motifs is 8. The molecule has 3 heteroatoms. The van der Waals surface area contributed by atoms with Gasteiger partial charge in [0.1, 0.15) is 11.7 Å². The van der Waals surface area contributed by atoms with E-state index in [9.17, 15) is 5.26 Å². The van der Waals surface area contributed by atoms with Gasteiger partial charge >= 0.3 is 0 Å². The van der Waals surface area contributed by atoms with Gasteiger partial charge in [-0.15, -0.1) is 0 Å². The lowest BCUT2D eigenvalue weighted by Crippen LogP contribution is -1.89. The van der Waals surface area contributed by atoms with Gasteiger partial charge in [0, 0.05) is 34.3 Å². The summed E-state index contributed by atoms with van der Waals surface area (Å²) in [6, 6.07) is 40.2. The largest absolute Gasteiger partial charge is 0.454 e. The Balaban J connectivity index is 1.53. The first-order chi connectivity index (χ1) is 19.3. The van der Waals surface area contributed by atoms with Gasteiger partial charge in [-0.25, -0.2) is 0 Å². The number of rotatable bonds is 2. The van der Waals surface area contributed by atoms with Gasteiger partial charge in [0.25, 0.3) is 0 Å². The van der Waals surface area contributed by atoms with E-state index in [4.69, 9.17) is 4.42 Å². The summed E-state index contributed by atoms with van der Waals surface area (Å²) in [5.41, 5.74) is 6.39. The molecule has 0 aliphatic rings. The number of hydrogen-bond acceptors (Lipinski definition) is 3. The number of aromatic nitrogens is 1. The molecule has 0 saturated heterocycles. The Labute approximate surface area is 224 Å². The topological polar surface area (TPSA) is 49.8 Å². The lowest BCUT2D eigenvalue weighted by Gasteiger charge is -2.16. The average Bonchev–Trinajstić information content (AvgIpc) is 3.40. The smallest absolute Gasteiger partial charge is 0.153 e. The molecule has 39 heavy (non-hydrogen) atoms. The third-order valence-corrected chi connectivity index (χ3v) is 7.79. The first-order valence-electron chi connectivity index (χ1n) is 12.9. The minimum atomic E-state index is 0.548. The van der Waals surface area contributed by atoms with Crippen LogP contribution in [0.15, 0.2) is 126 Å². The van der Waals surface area contributed by atoms with E-state index < -0.39 is 0 Å². The van der Waals surface area contributed by atoms with Crippen molar-refractivity contribution in [2.45, 2.75) is 0 Å². The summed E-state index contributed by atoms with van der Waals surface area (Å²) in [5.74, 6) is 0. The predicted octanol–water partition coefficient (Wildman–Crippen LogP) is 9.65. The van der Waals surface area contributed by atoms with E-state index in [-0.39, 0.29) is 0 Å². The van der Waals surface area contributed by atoms with Crippen LogP contribution in [-0.4, -0.2) is 4.98 Å². The lowest BCUT2D eigenvalue weighted by molar-refractivity contribution is 0.669. The highest BCUT2D eigenvalue weighted by Gasteiger charge is 2.18. The molecule has 0 spiro atoms. The maximum Gasteiger partial charge on any atom is 0.153 e. The van der Waals surface area contributed by atoms with Crippen LogP contribution >= 0.6 is 0 Å². The maximum absolute atomic E-state index is 9.70.